The number of hydrogen-bond acceptors (Lipinski definition) is 3. The van der Waals surface area contributed by atoms with Gasteiger partial charge in [-0.1, -0.05) is 13.2 Å². The van der Waals surface area contributed by atoms with Gasteiger partial charge in [0.05, 0.1) is 12.0 Å². The standard InChI is InChI=1S/C3H3N.C3H4O2.K/c1-2-3-4;1-2-3(4)5;/h2H,1H2;2H,1H2,(H,4,5);/q;;+1/p-1. The van der Waals surface area contributed by atoms with Crippen molar-refractivity contribution in [2.45, 2.75) is 0 Å². The third kappa shape index (κ3) is 42.7. The Morgan fingerprint density at radius 2 is 1.80 bits per heavy atom. The predicted molar refractivity (Wildman–Crippen MR) is 31.0 cm³/mol. The molecule has 0 atom stereocenters. The number of nitrogens with zero attached hydrogens (tertiary/aromatic N) is 1. The van der Waals surface area contributed by atoms with Gasteiger partial charge in [0.2, 0.25) is 0 Å². The Balaban J connectivity index is -0.0000000910. The van der Waals surface area contributed by atoms with Gasteiger partial charge in [-0.3, -0.25) is 0 Å². The van der Waals surface area contributed by atoms with Crippen molar-refractivity contribution in [1.29, 1.82) is 5.26 Å². The third-order valence-electron chi connectivity index (χ3n) is 0.258. The number of carboxylic acid groups (broad SMARTS) is 1. The maximum atomic E-state index is 9.14. The van der Waals surface area contributed by atoms with Crippen LogP contribution in [-0.2, 0) is 4.79 Å². The van der Waals surface area contributed by atoms with Crippen LogP contribution < -0.4 is 56.5 Å². The van der Waals surface area contributed by atoms with Crippen LogP contribution in [-0.4, -0.2) is 5.97 Å². The average molecular weight is 163 g/mol. The summed E-state index contributed by atoms with van der Waals surface area (Å²) in [6.07, 6.45) is 1.90. The molecule has 10 heavy (non-hydrogen) atoms. The second kappa shape index (κ2) is 16.0. The van der Waals surface area contributed by atoms with Crippen molar-refractivity contribution in [3.05, 3.63) is 25.3 Å². The largest absolute Gasteiger partial charge is 1.00 e. The minimum Gasteiger partial charge on any atom is -0.545 e. The summed E-state index contributed by atoms with van der Waals surface area (Å²) in [6.45, 7) is 6.02. The van der Waals surface area contributed by atoms with Crippen LogP contribution in [0.15, 0.2) is 25.3 Å². The molecule has 0 heterocycles. The second-order valence-corrected chi connectivity index (χ2v) is 0.856. The van der Waals surface area contributed by atoms with Gasteiger partial charge in [0.25, 0.3) is 0 Å². The molecule has 0 aromatic heterocycles. The zero-order chi connectivity index (χ0) is 7.70. The maximum Gasteiger partial charge on any atom is 1.00 e. The van der Waals surface area contributed by atoms with Gasteiger partial charge in [-0.05, 0) is 6.08 Å². The molecule has 0 aromatic rings. The summed E-state index contributed by atoms with van der Waals surface area (Å²) < 4.78 is 0. The average Bonchev–Trinajstić information content (AvgIpc) is 1.89. The molecule has 0 N–H and O–H groups in total. The number of aliphatic carboxylic acids is 1. The predicted octanol–water partition coefficient (Wildman–Crippen LogP) is -3.38. The van der Waals surface area contributed by atoms with E-state index >= 15 is 0 Å². The van der Waals surface area contributed by atoms with E-state index in [1.165, 1.54) is 6.08 Å². The molecule has 0 fully saturated rings. The van der Waals surface area contributed by atoms with Crippen LogP contribution in [0.25, 0.3) is 0 Å². The summed E-state index contributed by atoms with van der Waals surface area (Å²) in [5, 5.41) is 16.6. The van der Waals surface area contributed by atoms with Crippen molar-refractivity contribution in [2.24, 2.45) is 0 Å². The van der Waals surface area contributed by atoms with Crippen LogP contribution in [0.2, 0.25) is 0 Å². The second-order valence-electron chi connectivity index (χ2n) is 0.856. The molecule has 0 aliphatic heterocycles. The third-order valence-corrected chi connectivity index (χ3v) is 0.258. The van der Waals surface area contributed by atoms with E-state index in [9.17, 15) is 0 Å². The van der Waals surface area contributed by atoms with Gasteiger partial charge >= 0.3 is 51.4 Å². The maximum absolute atomic E-state index is 9.14. The van der Waals surface area contributed by atoms with E-state index in [-0.39, 0.29) is 51.4 Å². The first-order valence-electron chi connectivity index (χ1n) is 2.03. The van der Waals surface area contributed by atoms with Gasteiger partial charge in [-0.25, -0.2) is 0 Å². The molecular formula is C6H6KNO2. The zero-order valence-corrected chi connectivity index (χ0v) is 8.96. The van der Waals surface area contributed by atoms with E-state index in [0.717, 1.165) is 6.08 Å². The van der Waals surface area contributed by atoms with Gasteiger partial charge in [-0.2, -0.15) is 5.26 Å². The first-order chi connectivity index (χ1) is 4.18. The van der Waals surface area contributed by atoms with E-state index in [4.69, 9.17) is 15.2 Å². The summed E-state index contributed by atoms with van der Waals surface area (Å²) in [6, 6.07) is 1.69. The molecule has 0 radical (unpaired) electrons. The summed E-state index contributed by atoms with van der Waals surface area (Å²) in [5.41, 5.74) is 0. The van der Waals surface area contributed by atoms with Crippen molar-refractivity contribution in [3.8, 4) is 6.07 Å². The molecule has 0 aliphatic carbocycles. The van der Waals surface area contributed by atoms with Crippen LogP contribution in [0.1, 0.15) is 0 Å². The molecule has 0 spiro atoms. The fourth-order valence-corrected chi connectivity index (χ4v) is 0. The first-order valence-corrected chi connectivity index (χ1v) is 2.03. The first kappa shape index (κ1) is 16.6. The van der Waals surface area contributed by atoms with Crippen molar-refractivity contribution >= 4 is 5.97 Å². The van der Waals surface area contributed by atoms with Crippen LogP contribution >= 0.6 is 0 Å². The minimum atomic E-state index is -1.23. The van der Waals surface area contributed by atoms with E-state index < -0.39 is 5.97 Å². The molecular weight excluding hydrogens is 157 g/mol. The molecule has 3 nitrogen and oxygen atoms in total. The minimum absolute atomic E-state index is 0. The zero-order valence-electron chi connectivity index (χ0n) is 5.83. The van der Waals surface area contributed by atoms with E-state index in [0.29, 0.717) is 0 Å². The molecule has 0 saturated carbocycles. The Kier molecular flexibility index (Phi) is 26.6. The number of allylic oxidation sites excluding steroid dienone is 1. The van der Waals surface area contributed by atoms with Gasteiger partial charge in [-0.15, -0.1) is 0 Å². The Hall–Kier alpha value is 0.0764. The Morgan fingerprint density at radius 3 is 1.80 bits per heavy atom. The number of rotatable bonds is 1. The van der Waals surface area contributed by atoms with Crippen LogP contribution in [0, 0.1) is 11.3 Å². The quantitative estimate of drug-likeness (QED) is 0.230. The molecule has 0 rings (SSSR count). The molecule has 0 amide bonds. The summed E-state index contributed by atoms with van der Waals surface area (Å²) >= 11 is 0. The number of hydrogen-bond donors (Lipinski definition) is 0. The smallest absolute Gasteiger partial charge is 0.545 e. The normalized spacial score (nSPS) is 4.70. The van der Waals surface area contributed by atoms with E-state index in [2.05, 4.69) is 13.2 Å². The van der Waals surface area contributed by atoms with Crippen LogP contribution in [0.3, 0.4) is 0 Å². The topological polar surface area (TPSA) is 63.9 Å². The Labute approximate surface area is 102 Å². The van der Waals surface area contributed by atoms with Gasteiger partial charge < -0.3 is 9.90 Å². The van der Waals surface area contributed by atoms with E-state index in [1.807, 2.05) is 0 Å². The summed E-state index contributed by atoms with van der Waals surface area (Å²) in [4.78, 5) is 9.14. The van der Waals surface area contributed by atoms with Crippen molar-refractivity contribution in [2.75, 3.05) is 0 Å². The van der Waals surface area contributed by atoms with E-state index in [1.54, 1.807) is 6.07 Å². The van der Waals surface area contributed by atoms with Gasteiger partial charge in [0, 0.05) is 6.08 Å². The molecule has 0 saturated heterocycles. The number of carbonyl (C=O) groups excluding carboxylic acids is 1. The molecule has 0 bridgehead atoms. The molecule has 0 aromatic carbocycles. The fraction of sp³-hybridized carbons (Fsp3) is 0. The van der Waals surface area contributed by atoms with Gasteiger partial charge in [0.15, 0.2) is 0 Å². The summed E-state index contributed by atoms with van der Waals surface area (Å²) in [5.74, 6) is -1.23. The number of carboxylic acids is 1. The Morgan fingerprint density at radius 1 is 1.60 bits per heavy atom. The molecule has 48 valence electrons. The molecule has 0 unspecified atom stereocenters. The molecule has 0 aliphatic rings. The Bertz CT molecular complexity index is 148. The SMILES string of the molecule is C=CC#N.C=CC(=O)[O-].[K+]. The van der Waals surface area contributed by atoms with Crippen molar-refractivity contribution < 1.29 is 61.3 Å². The fourth-order valence-electron chi connectivity index (χ4n) is 0. The van der Waals surface area contributed by atoms with Gasteiger partial charge in [0.1, 0.15) is 0 Å². The summed E-state index contributed by atoms with van der Waals surface area (Å²) in [7, 11) is 0. The number of nitriles is 1. The van der Waals surface area contributed by atoms with Crippen molar-refractivity contribution in [1.82, 2.24) is 0 Å². The number of carbonyl (C=O) groups is 1. The van der Waals surface area contributed by atoms with Crippen LogP contribution in [0.5, 0.6) is 0 Å². The monoisotopic (exact) mass is 163 g/mol. The van der Waals surface area contributed by atoms with Crippen molar-refractivity contribution in [3.63, 3.8) is 0 Å². The molecule has 4 heteroatoms. The van der Waals surface area contributed by atoms with Crippen LogP contribution in [0.4, 0.5) is 0 Å².